The molecule has 1 aromatic carbocycles. The van der Waals surface area contributed by atoms with Crippen molar-refractivity contribution in [2.75, 3.05) is 0 Å². The number of benzene rings is 1. The van der Waals surface area contributed by atoms with Crippen LogP contribution in [0.2, 0.25) is 0 Å². The molecule has 0 saturated heterocycles. The van der Waals surface area contributed by atoms with E-state index in [1.54, 1.807) is 12.4 Å². The molecular formula is C19H13N5O. The van der Waals surface area contributed by atoms with E-state index in [4.69, 9.17) is 4.74 Å². The second kappa shape index (κ2) is 5.52. The van der Waals surface area contributed by atoms with E-state index >= 15 is 0 Å². The van der Waals surface area contributed by atoms with Gasteiger partial charge in [0.25, 0.3) is 0 Å². The first-order valence-corrected chi connectivity index (χ1v) is 7.93. The highest BCUT2D eigenvalue weighted by Crippen LogP contribution is 2.34. The number of rotatable bonds is 2. The lowest BCUT2D eigenvalue weighted by atomic mass is 10.1. The van der Waals surface area contributed by atoms with Crippen LogP contribution in [-0.4, -0.2) is 24.7 Å². The summed E-state index contributed by atoms with van der Waals surface area (Å²) in [5, 5.41) is 8.62. The summed E-state index contributed by atoms with van der Waals surface area (Å²) in [6.45, 7) is 0.350. The van der Waals surface area contributed by atoms with E-state index in [0.29, 0.717) is 12.5 Å². The fraction of sp³-hybridized carbons (Fsp3) is 0.0526. The molecule has 0 spiro atoms. The zero-order valence-corrected chi connectivity index (χ0v) is 13.2. The molecular weight excluding hydrogens is 314 g/mol. The third-order valence-corrected chi connectivity index (χ3v) is 4.19. The molecule has 0 N–H and O–H groups in total. The molecule has 0 unspecified atom stereocenters. The Morgan fingerprint density at radius 1 is 0.880 bits per heavy atom. The Labute approximate surface area is 143 Å². The van der Waals surface area contributed by atoms with E-state index in [1.165, 1.54) is 0 Å². The van der Waals surface area contributed by atoms with Gasteiger partial charge < -0.3 is 4.74 Å². The Balaban J connectivity index is 1.71. The summed E-state index contributed by atoms with van der Waals surface area (Å²) in [5.74, 6) is 2.10. The summed E-state index contributed by atoms with van der Waals surface area (Å²) in [4.78, 5) is 8.57. The first-order chi connectivity index (χ1) is 12.4. The lowest BCUT2D eigenvalue weighted by Gasteiger charge is -2.20. The highest BCUT2D eigenvalue weighted by atomic mass is 16.5. The second-order valence-corrected chi connectivity index (χ2v) is 5.71. The van der Waals surface area contributed by atoms with Crippen LogP contribution < -0.4 is 4.74 Å². The van der Waals surface area contributed by atoms with Crippen LogP contribution in [0.15, 0.2) is 67.1 Å². The van der Waals surface area contributed by atoms with E-state index in [9.17, 15) is 0 Å². The van der Waals surface area contributed by atoms with Crippen molar-refractivity contribution in [2.45, 2.75) is 6.61 Å². The van der Waals surface area contributed by atoms with E-state index < -0.39 is 0 Å². The van der Waals surface area contributed by atoms with Gasteiger partial charge >= 0.3 is 0 Å². The van der Waals surface area contributed by atoms with Crippen molar-refractivity contribution in [3.8, 4) is 34.1 Å². The zero-order chi connectivity index (χ0) is 16.6. The Kier molecular flexibility index (Phi) is 3.06. The molecule has 3 aromatic heterocycles. The molecule has 0 saturated carbocycles. The summed E-state index contributed by atoms with van der Waals surface area (Å²) in [5.41, 5.74) is 3.92. The molecule has 5 rings (SSSR count). The summed E-state index contributed by atoms with van der Waals surface area (Å²) in [6.07, 6.45) is 5.32. The van der Waals surface area contributed by atoms with Gasteiger partial charge in [-0.2, -0.15) is 0 Å². The van der Waals surface area contributed by atoms with Crippen molar-refractivity contribution in [1.82, 2.24) is 24.7 Å². The summed E-state index contributed by atoms with van der Waals surface area (Å²) in [7, 11) is 0. The predicted molar refractivity (Wildman–Crippen MR) is 92.2 cm³/mol. The molecule has 0 amide bonds. The van der Waals surface area contributed by atoms with Crippen molar-refractivity contribution >= 4 is 0 Å². The van der Waals surface area contributed by atoms with Crippen LogP contribution in [0.3, 0.4) is 0 Å². The van der Waals surface area contributed by atoms with Gasteiger partial charge in [0.1, 0.15) is 5.69 Å². The Hall–Kier alpha value is -3.54. The lowest BCUT2D eigenvalue weighted by molar-refractivity contribution is 0.268. The normalized spacial score (nSPS) is 12.2. The van der Waals surface area contributed by atoms with E-state index in [1.807, 2.05) is 41.1 Å². The third-order valence-electron chi connectivity index (χ3n) is 4.19. The minimum Gasteiger partial charge on any atom is -0.468 e. The summed E-state index contributed by atoms with van der Waals surface area (Å²) in [6, 6.07) is 16.0. The number of hydrogen-bond donors (Lipinski definition) is 0. The summed E-state index contributed by atoms with van der Waals surface area (Å²) >= 11 is 0. The van der Waals surface area contributed by atoms with Gasteiger partial charge in [-0.3, -0.25) is 9.55 Å². The third kappa shape index (κ3) is 2.27. The van der Waals surface area contributed by atoms with Crippen LogP contribution in [0, 0.1) is 0 Å². The Morgan fingerprint density at radius 2 is 1.72 bits per heavy atom. The van der Waals surface area contributed by atoms with Crippen molar-refractivity contribution in [3.05, 3.63) is 72.9 Å². The maximum absolute atomic E-state index is 5.74. The Bertz CT molecular complexity index is 1040. The SMILES string of the molecule is c1ccc(-c2cnc3c(c2)-n2c(nnc2-c2ccncc2)CO3)cc1. The van der Waals surface area contributed by atoms with Crippen molar-refractivity contribution < 1.29 is 4.74 Å². The van der Waals surface area contributed by atoms with E-state index in [-0.39, 0.29) is 0 Å². The average molecular weight is 327 g/mol. The van der Waals surface area contributed by atoms with Gasteiger partial charge in [-0.1, -0.05) is 30.3 Å². The van der Waals surface area contributed by atoms with Crippen LogP contribution in [0.5, 0.6) is 5.88 Å². The number of ether oxygens (including phenoxy) is 1. The van der Waals surface area contributed by atoms with Crippen LogP contribution in [-0.2, 0) is 6.61 Å². The molecule has 6 nitrogen and oxygen atoms in total. The number of fused-ring (bicyclic) bond motifs is 3. The van der Waals surface area contributed by atoms with Gasteiger partial charge in [-0.25, -0.2) is 4.98 Å². The summed E-state index contributed by atoms with van der Waals surface area (Å²) < 4.78 is 7.75. The van der Waals surface area contributed by atoms with E-state index in [0.717, 1.165) is 34.0 Å². The van der Waals surface area contributed by atoms with Crippen LogP contribution in [0.4, 0.5) is 0 Å². The maximum Gasteiger partial charge on any atom is 0.238 e. The topological polar surface area (TPSA) is 65.7 Å². The van der Waals surface area contributed by atoms with Crippen molar-refractivity contribution in [1.29, 1.82) is 0 Å². The molecule has 4 heterocycles. The Morgan fingerprint density at radius 3 is 2.56 bits per heavy atom. The number of hydrogen-bond acceptors (Lipinski definition) is 5. The van der Waals surface area contributed by atoms with Gasteiger partial charge in [0.05, 0.1) is 0 Å². The minimum atomic E-state index is 0.350. The second-order valence-electron chi connectivity index (χ2n) is 5.71. The van der Waals surface area contributed by atoms with E-state index in [2.05, 4.69) is 38.4 Å². The largest absolute Gasteiger partial charge is 0.468 e. The minimum absolute atomic E-state index is 0.350. The zero-order valence-electron chi connectivity index (χ0n) is 13.2. The molecule has 25 heavy (non-hydrogen) atoms. The first kappa shape index (κ1) is 13.9. The predicted octanol–water partition coefficient (Wildman–Crippen LogP) is 3.28. The lowest BCUT2D eigenvalue weighted by Crippen LogP contribution is -2.15. The maximum atomic E-state index is 5.74. The van der Waals surface area contributed by atoms with Gasteiger partial charge in [-0.05, 0) is 23.8 Å². The molecule has 1 aliphatic rings. The highest BCUT2D eigenvalue weighted by molar-refractivity contribution is 5.68. The first-order valence-electron chi connectivity index (χ1n) is 7.93. The number of nitrogens with zero attached hydrogens (tertiary/aromatic N) is 5. The van der Waals surface area contributed by atoms with Crippen LogP contribution >= 0.6 is 0 Å². The van der Waals surface area contributed by atoms with Crippen LogP contribution in [0.1, 0.15) is 5.82 Å². The molecule has 1 aliphatic heterocycles. The quantitative estimate of drug-likeness (QED) is 0.565. The van der Waals surface area contributed by atoms with Gasteiger partial charge in [0.15, 0.2) is 18.3 Å². The monoisotopic (exact) mass is 327 g/mol. The smallest absolute Gasteiger partial charge is 0.238 e. The molecule has 0 bridgehead atoms. The van der Waals surface area contributed by atoms with Gasteiger partial charge in [-0.15, -0.1) is 10.2 Å². The molecule has 6 heteroatoms. The average Bonchev–Trinajstić information content (AvgIpc) is 3.14. The molecule has 0 fully saturated rings. The highest BCUT2D eigenvalue weighted by Gasteiger charge is 2.24. The number of pyridine rings is 2. The van der Waals surface area contributed by atoms with Crippen molar-refractivity contribution in [2.24, 2.45) is 0 Å². The van der Waals surface area contributed by atoms with Crippen LogP contribution in [0.25, 0.3) is 28.2 Å². The molecule has 0 aliphatic carbocycles. The number of aromatic nitrogens is 5. The standard InChI is InChI=1S/C19H13N5O/c1-2-4-13(5-3-1)15-10-16-19(21-11-15)25-12-17-22-23-18(24(16)17)14-6-8-20-9-7-14/h1-11H,12H2. The van der Waals surface area contributed by atoms with Gasteiger partial charge in [0, 0.05) is 29.7 Å². The fourth-order valence-electron chi connectivity index (χ4n) is 2.98. The molecule has 120 valence electrons. The molecule has 0 radical (unpaired) electrons. The molecule has 4 aromatic rings. The fourth-order valence-corrected chi connectivity index (χ4v) is 2.98. The van der Waals surface area contributed by atoms with Crippen molar-refractivity contribution in [3.63, 3.8) is 0 Å². The van der Waals surface area contributed by atoms with Gasteiger partial charge in [0.2, 0.25) is 5.88 Å². The molecule has 0 atom stereocenters.